The van der Waals surface area contributed by atoms with Crippen LogP contribution in [0.2, 0.25) is 0 Å². The van der Waals surface area contributed by atoms with Crippen LogP contribution in [0.15, 0.2) is 54.7 Å². The summed E-state index contributed by atoms with van der Waals surface area (Å²) < 4.78 is 45.5. The Bertz CT molecular complexity index is 947. The van der Waals surface area contributed by atoms with E-state index in [4.69, 9.17) is 4.74 Å². The SMILES string of the molecule is O=C(NCCNc1nccc(Oc2ccc(F)cc2)n1)c1c(F)cccc1F. The van der Waals surface area contributed by atoms with Gasteiger partial charge in [0, 0.05) is 25.4 Å². The highest BCUT2D eigenvalue weighted by atomic mass is 19.1. The number of anilines is 1. The molecule has 0 aliphatic carbocycles. The first-order chi connectivity index (χ1) is 13.5. The number of rotatable bonds is 7. The number of aromatic nitrogens is 2. The minimum atomic E-state index is -0.931. The molecule has 1 amide bonds. The molecule has 0 spiro atoms. The lowest BCUT2D eigenvalue weighted by Crippen LogP contribution is -2.30. The predicted octanol–water partition coefficient (Wildman–Crippen LogP) is 3.53. The van der Waals surface area contributed by atoms with Crippen LogP contribution in [0, 0.1) is 17.5 Å². The van der Waals surface area contributed by atoms with Gasteiger partial charge in [0.15, 0.2) is 0 Å². The number of hydrogen-bond donors (Lipinski definition) is 2. The van der Waals surface area contributed by atoms with Crippen LogP contribution in [-0.4, -0.2) is 29.0 Å². The molecule has 2 N–H and O–H groups in total. The van der Waals surface area contributed by atoms with E-state index >= 15 is 0 Å². The molecule has 0 saturated carbocycles. The van der Waals surface area contributed by atoms with Crippen LogP contribution in [0.5, 0.6) is 11.6 Å². The third-order valence-corrected chi connectivity index (χ3v) is 3.55. The highest BCUT2D eigenvalue weighted by Crippen LogP contribution is 2.19. The number of nitrogens with one attached hydrogen (secondary N) is 2. The molecule has 0 aliphatic heterocycles. The van der Waals surface area contributed by atoms with Crippen molar-refractivity contribution in [3.8, 4) is 11.6 Å². The van der Waals surface area contributed by atoms with Crippen LogP contribution in [0.1, 0.15) is 10.4 Å². The summed E-state index contributed by atoms with van der Waals surface area (Å²) in [6.07, 6.45) is 1.46. The highest BCUT2D eigenvalue weighted by molar-refractivity contribution is 5.94. The van der Waals surface area contributed by atoms with E-state index in [0.29, 0.717) is 5.75 Å². The van der Waals surface area contributed by atoms with Gasteiger partial charge >= 0.3 is 0 Å². The third-order valence-electron chi connectivity index (χ3n) is 3.55. The Morgan fingerprint density at radius 1 is 0.964 bits per heavy atom. The molecule has 0 atom stereocenters. The van der Waals surface area contributed by atoms with Crippen LogP contribution < -0.4 is 15.4 Å². The van der Waals surface area contributed by atoms with E-state index in [1.165, 1.54) is 42.6 Å². The van der Waals surface area contributed by atoms with Crippen LogP contribution >= 0.6 is 0 Å². The van der Waals surface area contributed by atoms with Gasteiger partial charge in [-0.3, -0.25) is 4.79 Å². The molecule has 0 unspecified atom stereocenters. The van der Waals surface area contributed by atoms with Gasteiger partial charge in [-0.25, -0.2) is 18.2 Å². The Morgan fingerprint density at radius 2 is 1.68 bits per heavy atom. The van der Waals surface area contributed by atoms with E-state index in [1.54, 1.807) is 0 Å². The van der Waals surface area contributed by atoms with Gasteiger partial charge in [0.25, 0.3) is 5.91 Å². The van der Waals surface area contributed by atoms with Crippen molar-refractivity contribution in [2.45, 2.75) is 0 Å². The molecule has 0 saturated heterocycles. The number of amides is 1. The van der Waals surface area contributed by atoms with Gasteiger partial charge in [-0.15, -0.1) is 0 Å². The third kappa shape index (κ3) is 4.97. The molecule has 6 nitrogen and oxygen atoms in total. The molecule has 1 heterocycles. The second kappa shape index (κ2) is 8.85. The Kier molecular flexibility index (Phi) is 6.05. The average molecular weight is 388 g/mol. The van der Waals surface area contributed by atoms with E-state index in [-0.39, 0.29) is 30.7 Å². The molecule has 9 heteroatoms. The molecule has 0 radical (unpaired) electrons. The molecule has 0 bridgehead atoms. The maximum absolute atomic E-state index is 13.5. The van der Waals surface area contributed by atoms with Gasteiger partial charge < -0.3 is 15.4 Å². The molecule has 0 aliphatic rings. The molecule has 2 aromatic carbocycles. The Labute approximate surface area is 158 Å². The monoisotopic (exact) mass is 388 g/mol. The largest absolute Gasteiger partial charge is 0.439 e. The van der Waals surface area contributed by atoms with Gasteiger partial charge in [0.05, 0.1) is 0 Å². The van der Waals surface area contributed by atoms with Crippen molar-refractivity contribution in [2.75, 3.05) is 18.4 Å². The maximum Gasteiger partial charge on any atom is 0.257 e. The lowest BCUT2D eigenvalue weighted by Gasteiger charge is -2.09. The molecule has 0 fully saturated rings. The first-order valence-electron chi connectivity index (χ1n) is 8.25. The van der Waals surface area contributed by atoms with Crippen molar-refractivity contribution < 1.29 is 22.7 Å². The highest BCUT2D eigenvalue weighted by Gasteiger charge is 2.16. The minimum Gasteiger partial charge on any atom is -0.439 e. The van der Waals surface area contributed by atoms with Crippen molar-refractivity contribution >= 4 is 11.9 Å². The molecular formula is C19H15F3N4O2. The summed E-state index contributed by atoms with van der Waals surface area (Å²) in [5.41, 5.74) is -0.631. The molecular weight excluding hydrogens is 373 g/mol. The van der Waals surface area contributed by atoms with Gasteiger partial charge in [-0.2, -0.15) is 4.98 Å². The van der Waals surface area contributed by atoms with Crippen molar-refractivity contribution in [1.29, 1.82) is 0 Å². The van der Waals surface area contributed by atoms with Crippen molar-refractivity contribution in [1.82, 2.24) is 15.3 Å². The fourth-order valence-corrected chi connectivity index (χ4v) is 2.26. The van der Waals surface area contributed by atoms with Crippen molar-refractivity contribution in [3.63, 3.8) is 0 Å². The lowest BCUT2D eigenvalue weighted by molar-refractivity contribution is 0.0946. The smallest absolute Gasteiger partial charge is 0.257 e. The van der Waals surface area contributed by atoms with Gasteiger partial charge in [0.2, 0.25) is 11.8 Å². The number of halogens is 3. The van der Waals surface area contributed by atoms with Crippen molar-refractivity contribution in [2.24, 2.45) is 0 Å². The van der Waals surface area contributed by atoms with Crippen molar-refractivity contribution in [3.05, 3.63) is 77.7 Å². The van der Waals surface area contributed by atoms with E-state index in [1.807, 2.05) is 0 Å². The summed E-state index contributed by atoms with van der Waals surface area (Å²) >= 11 is 0. The van der Waals surface area contributed by atoms with Crippen LogP contribution in [0.25, 0.3) is 0 Å². The second-order valence-corrected chi connectivity index (χ2v) is 5.55. The topological polar surface area (TPSA) is 76.1 Å². The van der Waals surface area contributed by atoms with Crippen LogP contribution in [-0.2, 0) is 0 Å². The van der Waals surface area contributed by atoms with E-state index in [9.17, 15) is 18.0 Å². The molecule has 3 rings (SSSR count). The van der Waals surface area contributed by atoms with Crippen LogP contribution in [0.4, 0.5) is 19.1 Å². The molecule has 3 aromatic rings. The standard InChI is InChI=1S/C19H15F3N4O2/c20-12-4-6-13(7-5-12)28-16-8-9-24-19(26-16)25-11-10-23-18(27)17-14(21)2-1-3-15(17)22/h1-9H,10-11H2,(H,23,27)(H,24,25,26). The second-order valence-electron chi connectivity index (χ2n) is 5.55. The minimum absolute atomic E-state index is 0.0824. The first kappa shape index (κ1) is 19.2. The summed E-state index contributed by atoms with van der Waals surface area (Å²) in [6.45, 7) is 0.292. The maximum atomic E-state index is 13.5. The average Bonchev–Trinajstić information content (AvgIpc) is 2.67. The summed E-state index contributed by atoms with van der Waals surface area (Å²) in [7, 11) is 0. The fourth-order valence-electron chi connectivity index (χ4n) is 2.26. The summed E-state index contributed by atoms with van der Waals surface area (Å²) in [5.74, 6) is -2.22. The predicted molar refractivity (Wildman–Crippen MR) is 95.7 cm³/mol. The number of hydrogen-bond acceptors (Lipinski definition) is 5. The summed E-state index contributed by atoms with van der Waals surface area (Å²) in [6, 6.07) is 10.2. The normalized spacial score (nSPS) is 10.4. The van der Waals surface area contributed by atoms with E-state index < -0.39 is 23.1 Å². The van der Waals surface area contributed by atoms with Gasteiger partial charge in [-0.1, -0.05) is 6.07 Å². The zero-order valence-corrected chi connectivity index (χ0v) is 14.5. The van der Waals surface area contributed by atoms with E-state index in [2.05, 4.69) is 20.6 Å². The Morgan fingerprint density at radius 3 is 2.39 bits per heavy atom. The molecule has 144 valence electrons. The number of nitrogens with zero attached hydrogens (tertiary/aromatic N) is 2. The Hall–Kier alpha value is -3.62. The molecule has 28 heavy (non-hydrogen) atoms. The number of ether oxygens (including phenoxy) is 1. The number of benzene rings is 2. The zero-order valence-electron chi connectivity index (χ0n) is 14.5. The quantitative estimate of drug-likeness (QED) is 0.606. The van der Waals surface area contributed by atoms with Crippen LogP contribution in [0.3, 0.4) is 0 Å². The first-order valence-corrected chi connectivity index (χ1v) is 8.25. The number of carbonyl (C=O) groups excluding carboxylic acids is 1. The van der Waals surface area contributed by atoms with Gasteiger partial charge in [0.1, 0.15) is 28.8 Å². The Balaban J connectivity index is 1.51. The molecule has 1 aromatic heterocycles. The summed E-state index contributed by atoms with van der Waals surface area (Å²) in [5, 5.41) is 5.26. The summed E-state index contributed by atoms with van der Waals surface area (Å²) in [4.78, 5) is 20.0. The lowest BCUT2D eigenvalue weighted by atomic mass is 10.2. The van der Waals surface area contributed by atoms with Gasteiger partial charge in [-0.05, 0) is 36.4 Å². The zero-order chi connectivity index (χ0) is 19.9. The fraction of sp³-hybridized carbons (Fsp3) is 0.105. The van der Waals surface area contributed by atoms with E-state index in [0.717, 1.165) is 12.1 Å². The number of carbonyl (C=O) groups is 1.